The van der Waals surface area contributed by atoms with Gasteiger partial charge in [-0.1, -0.05) is 0 Å². The smallest absolute Gasteiger partial charge is 0.236 e. The van der Waals surface area contributed by atoms with Crippen LogP contribution < -0.4 is 5.32 Å². The van der Waals surface area contributed by atoms with E-state index in [-0.39, 0.29) is 5.91 Å². The third-order valence-corrected chi connectivity index (χ3v) is 2.58. The van der Waals surface area contributed by atoms with E-state index in [1.165, 1.54) is 0 Å². The number of rotatable bonds is 4. The van der Waals surface area contributed by atoms with E-state index in [4.69, 9.17) is 4.42 Å². The van der Waals surface area contributed by atoms with Crippen molar-refractivity contribution in [1.29, 1.82) is 0 Å². The van der Waals surface area contributed by atoms with Crippen molar-refractivity contribution >= 4 is 5.91 Å². The number of aryl methyl sites for hydroxylation is 1. The minimum atomic E-state index is 0.147. The molecule has 2 heterocycles. The predicted molar refractivity (Wildman–Crippen MR) is 56.6 cm³/mol. The highest BCUT2D eigenvalue weighted by Gasteiger charge is 2.17. The van der Waals surface area contributed by atoms with Gasteiger partial charge in [0.05, 0.1) is 13.1 Å². The van der Waals surface area contributed by atoms with Gasteiger partial charge in [0.15, 0.2) is 0 Å². The van der Waals surface area contributed by atoms with Gasteiger partial charge in [0, 0.05) is 20.0 Å². The number of carbonyl (C=O) groups excluding carboxylic acids is 1. The SMILES string of the molecule is Cc1nnc(CNCC(=O)N2CCCC2)o1. The highest BCUT2D eigenvalue weighted by molar-refractivity contribution is 5.78. The number of aromatic nitrogens is 2. The molecule has 1 fully saturated rings. The molecule has 88 valence electrons. The van der Waals surface area contributed by atoms with E-state index >= 15 is 0 Å². The van der Waals surface area contributed by atoms with Crippen molar-refractivity contribution < 1.29 is 9.21 Å². The second kappa shape index (κ2) is 5.07. The van der Waals surface area contributed by atoms with E-state index in [1.807, 2.05) is 4.90 Å². The van der Waals surface area contributed by atoms with E-state index in [0.717, 1.165) is 25.9 Å². The number of carbonyl (C=O) groups is 1. The lowest BCUT2D eigenvalue weighted by molar-refractivity contribution is -0.129. The zero-order valence-electron chi connectivity index (χ0n) is 9.40. The van der Waals surface area contributed by atoms with Gasteiger partial charge in [-0.3, -0.25) is 10.1 Å². The second-order valence-electron chi connectivity index (χ2n) is 3.91. The maximum Gasteiger partial charge on any atom is 0.236 e. The largest absolute Gasteiger partial charge is 0.424 e. The van der Waals surface area contributed by atoms with Crippen LogP contribution in [0.5, 0.6) is 0 Å². The molecule has 1 N–H and O–H groups in total. The van der Waals surface area contributed by atoms with E-state index in [1.54, 1.807) is 6.92 Å². The lowest BCUT2D eigenvalue weighted by Gasteiger charge is -2.14. The molecule has 1 saturated heterocycles. The Morgan fingerprint density at radius 1 is 1.44 bits per heavy atom. The van der Waals surface area contributed by atoms with Crippen LogP contribution in [0.2, 0.25) is 0 Å². The molecule has 6 nitrogen and oxygen atoms in total. The maximum atomic E-state index is 11.6. The van der Waals surface area contributed by atoms with Gasteiger partial charge in [-0.2, -0.15) is 0 Å². The summed E-state index contributed by atoms with van der Waals surface area (Å²) in [6.07, 6.45) is 2.24. The van der Waals surface area contributed by atoms with Crippen molar-refractivity contribution in [3.63, 3.8) is 0 Å². The number of nitrogens with one attached hydrogen (secondary N) is 1. The average Bonchev–Trinajstić information content (AvgIpc) is 2.89. The number of nitrogens with zero attached hydrogens (tertiary/aromatic N) is 3. The molecule has 0 saturated carbocycles. The van der Waals surface area contributed by atoms with Crippen LogP contribution in [0, 0.1) is 6.92 Å². The summed E-state index contributed by atoms with van der Waals surface area (Å²) in [5.41, 5.74) is 0. The predicted octanol–water partition coefficient (Wildman–Crippen LogP) is 0.0900. The minimum Gasteiger partial charge on any atom is -0.424 e. The summed E-state index contributed by atoms with van der Waals surface area (Å²) < 4.78 is 5.18. The van der Waals surface area contributed by atoms with Crippen molar-refractivity contribution in [2.24, 2.45) is 0 Å². The van der Waals surface area contributed by atoms with Crippen LogP contribution in [0.4, 0.5) is 0 Å². The summed E-state index contributed by atoms with van der Waals surface area (Å²) in [7, 11) is 0. The first-order valence-electron chi connectivity index (χ1n) is 5.53. The normalized spacial score (nSPS) is 15.7. The third-order valence-electron chi connectivity index (χ3n) is 2.58. The summed E-state index contributed by atoms with van der Waals surface area (Å²) in [5.74, 6) is 1.21. The maximum absolute atomic E-state index is 11.6. The van der Waals surface area contributed by atoms with Crippen molar-refractivity contribution in [2.45, 2.75) is 26.3 Å². The Labute approximate surface area is 94.0 Å². The first-order chi connectivity index (χ1) is 7.75. The van der Waals surface area contributed by atoms with Crippen LogP contribution >= 0.6 is 0 Å². The van der Waals surface area contributed by atoms with Gasteiger partial charge in [0.2, 0.25) is 17.7 Å². The molecule has 0 aliphatic carbocycles. The zero-order valence-corrected chi connectivity index (χ0v) is 9.40. The van der Waals surface area contributed by atoms with Crippen LogP contribution in [0.1, 0.15) is 24.6 Å². The molecule has 1 amide bonds. The first-order valence-corrected chi connectivity index (χ1v) is 5.53. The van der Waals surface area contributed by atoms with Crippen LogP contribution in [0.15, 0.2) is 4.42 Å². The summed E-state index contributed by atoms with van der Waals surface area (Å²) in [5, 5.41) is 10.6. The highest BCUT2D eigenvalue weighted by atomic mass is 16.4. The Balaban J connectivity index is 1.69. The molecule has 1 aromatic rings. The molecule has 0 unspecified atom stereocenters. The van der Waals surface area contributed by atoms with E-state index < -0.39 is 0 Å². The number of amides is 1. The van der Waals surface area contributed by atoms with Crippen LogP contribution in [-0.4, -0.2) is 40.6 Å². The Morgan fingerprint density at radius 3 is 2.81 bits per heavy atom. The van der Waals surface area contributed by atoms with Gasteiger partial charge in [-0.15, -0.1) is 10.2 Å². The summed E-state index contributed by atoms with van der Waals surface area (Å²) >= 11 is 0. The van der Waals surface area contributed by atoms with E-state index in [2.05, 4.69) is 15.5 Å². The zero-order chi connectivity index (χ0) is 11.4. The van der Waals surface area contributed by atoms with Crippen LogP contribution in [0.3, 0.4) is 0 Å². The standard InChI is InChI=1S/C10H16N4O2/c1-8-12-13-9(16-8)6-11-7-10(15)14-4-2-3-5-14/h11H,2-7H2,1H3. The Hall–Kier alpha value is -1.43. The van der Waals surface area contributed by atoms with E-state index in [9.17, 15) is 4.79 Å². The fourth-order valence-electron chi connectivity index (χ4n) is 1.76. The van der Waals surface area contributed by atoms with E-state index in [0.29, 0.717) is 24.9 Å². The number of hydrogen-bond acceptors (Lipinski definition) is 5. The topological polar surface area (TPSA) is 71.3 Å². The lowest BCUT2D eigenvalue weighted by Crippen LogP contribution is -2.36. The molecule has 0 atom stereocenters. The second-order valence-corrected chi connectivity index (χ2v) is 3.91. The van der Waals surface area contributed by atoms with Crippen LogP contribution in [0.25, 0.3) is 0 Å². The molecular weight excluding hydrogens is 208 g/mol. The van der Waals surface area contributed by atoms with Gasteiger partial charge in [-0.25, -0.2) is 0 Å². The molecule has 0 spiro atoms. The fourth-order valence-corrected chi connectivity index (χ4v) is 1.76. The van der Waals surface area contributed by atoms with Gasteiger partial charge in [-0.05, 0) is 12.8 Å². The third kappa shape index (κ3) is 2.79. The molecule has 0 radical (unpaired) electrons. The first kappa shape index (κ1) is 11.1. The molecule has 1 aliphatic rings. The Morgan fingerprint density at radius 2 is 2.19 bits per heavy atom. The summed E-state index contributed by atoms with van der Waals surface area (Å²) in [4.78, 5) is 13.5. The molecule has 16 heavy (non-hydrogen) atoms. The fraction of sp³-hybridized carbons (Fsp3) is 0.700. The molecular formula is C10H16N4O2. The van der Waals surface area contributed by atoms with Crippen LogP contribution in [-0.2, 0) is 11.3 Å². The van der Waals surface area contributed by atoms with Crippen molar-refractivity contribution in [1.82, 2.24) is 20.4 Å². The molecule has 0 bridgehead atoms. The van der Waals surface area contributed by atoms with Gasteiger partial charge < -0.3 is 9.32 Å². The lowest BCUT2D eigenvalue weighted by atomic mass is 10.4. The number of hydrogen-bond donors (Lipinski definition) is 1. The molecule has 6 heteroatoms. The summed E-state index contributed by atoms with van der Waals surface area (Å²) in [6.45, 7) is 4.30. The van der Waals surface area contributed by atoms with Crippen molar-refractivity contribution in [3.05, 3.63) is 11.8 Å². The Kier molecular flexibility index (Phi) is 3.51. The quantitative estimate of drug-likeness (QED) is 0.784. The van der Waals surface area contributed by atoms with Gasteiger partial charge >= 0.3 is 0 Å². The molecule has 2 rings (SSSR count). The van der Waals surface area contributed by atoms with Gasteiger partial charge in [0.25, 0.3) is 0 Å². The summed E-state index contributed by atoms with van der Waals surface area (Å²) in [6, 6.07) is 0. The molecule has 1 aromatic heterocycles. The van der Waals surface area contributed by atoms with Gasteiger partial charge in [0.1, 0.15) is 0 Å². The highest BCUT2D eigenvalue weighted by Crippen LogP contribution is 2.06. The molecule has 1 aliphatic heterocycles. The van der Waals surface area contributed by atoms with Crippen molar-refractivity contribution in [3.8, 4) is 0 Å². The minimum absolute atomic E-state index is 0.147. The average molecular weight is 224 g/mol. The monoisotopic (exact) mass is 224 g/mol. The molecule has 0 aromatic carbocycles. The number of likely N-dealkylation sites (tertiary alicyclic amines) is 1. The van der Waals surface area contributed by atoms with Crippen molar-refractivity contribution in [2.75, 3.05) is 19.6 Å². The Bertz CT molecular complexity index is 357.